The molecule has 0 saturated heterocycles. The first-order chi connectivity index (χ1) is 21.4. The normalized spacial score (nSPS) is 12.9. The van der Waals surface area contributed by atoms with Crippen LogP contribution in [0.4, 0.5) is 5.69 Å². The van der Waals surface area contributed by atoms with Crippen LogP contribution >= 0.6 is 0 Å². The summed E-state index contributed by atoms with van der Waals surface area (Å²) in [5.74, 6) is -0.166. The van der Waals surface area contributed by atoms with Gasteiger partial charge in [-0.1, -0.05) is 61.5 Å². The maximum absolute atomic E-state index is 13.8. The van der Waals surface area contributed by atoms with Crippen LogP contribution in [0.2, 0.25) is 0 Å². The molecule has 10 nitrogen and oxygen atoms in total. The molecule has 0 aliphatic carbocycles. The molecule has 1 aliphatic rings. The number of hydrogen-bond acceptors (Lipinski definition) is 7. The highest BCUT2D eigenvalue weighted by molar-refractivity contribution is 6.01. The van der Waals surface area contributed by atoms with Crippen molar-refractivity contribution < 1.29 is 19.1 Å². The van der Waals surface area contributed by atoms with E-state index in [0.29, 0.717) is 32.5 Å². The van der Waals surface area contributed by atoms with Crippen LogP contribution in [0.3, 0.4) is 0 Å². The minimum absolute atomic E-state index is 0.0753. The van der Waals surface area contributed by atoms with E-state index in [9.17, 15) is 14.4 Å². The number of ether oxygens (including phenoxy) is 1. The van der Waals surface area contributed by atoms with Crippen LogP contribution in [0.1, 0.15) is 72.3 Å². The van der Waals surface area contributed by atoms with Gasteiger partial charge in [-0.3, -0.25) is 14.4 Å². The number of fused-ring (bicyclic) bond motifs is 5. The predicted octanol–water partition coefficient (Wildman–Crippen LogP) is 5.16. The number of carbonyl (C=O) groups is 3. The number of para-hydroxylation sites is 1. The second-order valence-electron chi connectivity index (χ2n) is 13.0. The van der Waals surface area contributed by atoms with Crippen LogP contribution in [-0.2, 0) is 32.2 Å². The molecule has 0 spiro atoms. The van der Waals surface area contributed by atoms with Crippen molar-refractivity contribution >= 4 is 23.3 Å². The molecule has 242 valence electrons. The van der Waals surface area contributed by atoms with Crippen molar-refractivity contribution in [2.24, 2.45) is 5.41 Å². The van der Waals surface area contributed by atoms with Crippen LogP contribution in [-0.4, -0.2) is 64.9 Å². The molecule has 1 aromatic heterocycles. The summed E-state index contributed by atoms with van der Waals surface area (Å²) in [5, 5.41) is 15.3. The van der Waals surface area contributed by atoms with E-state index in [0.717, 1.165) is 53.3 Å². The van der Waals surface area contributed by atoms with E-state index < -0.39 is 11.0 Å². The quantitative estimate of drug-likeness (QED) is 0.227. The predicted molar refractivity (Wildman–Crippen MR) is 177 cm³/mol. The lowest BCUT2D eigenvalue weighted by atomic mass is 9.86. The van der Waals surface area contributed by atoms with Crippen molar-refractivity contribution in [1.29, 1.82) is 0 Å². The molecular formula is C35H48N6O4. The van der Waals surface area contributed by atoms with Crippen LogP contribution in [0, 0.1) is 5.41 Å². The topological polar surface area (TPSA) is 118 Å². The van der Waals surface area contributed by atoms with E-state index >= 15 is 0 Å². The molecule has 0 bridgehead atoms. The molecule has 2 N–H and O–H groups in total. The van der Waals surface area contributed by atoms with Crippen LogP contribution in [0.5, 0.6) is 0 Å². The highest BCUT2D eigenvalue weighted by Gasteiger charge is 2.29. The molecule has 0 unspecified atom stereocenters. The van der Waals surface area contributed by atoms with E-state index in [1.54, 1.807) is 11.8 Å². The summed E-state index contributed by atoms with van der Waals surface area (Å²) < 4.78 is 7.99. The minimum Gasteiger partial charge on any atom is -0.375 e. The lowest BCUT2D eigenvalue weighted by molar-refractivity contribution is -0.127. The van der Waals surface area contributed by atoms with E-state index in [4.69, 9.17) is 4.74 Å². The number of anilines is 1. The summed E-state index contributed by atoms with van der Waals surface area (Å²) in [6, 6.07) is 15.9. The van der Waals surface area contributed by atoms with Crippen molar-refractivity contribution in [2.75, 3.05) is 31.6 Å². The molecule has 2 aromatic carbocycles. The van der Waals surface area contributed by atoms with Crippen molar-refractivity contribution in [3.8, 4) is 22.5 Å². The van der Waals surface area contributed by atoms with Gasteiger partial charge in [0.25, 0.3) is 0 Å². The molecule has 0 atom stereocenters. The number of nitrogens with one attached hydrogen (secondary N) is 2. The van der Waals surface area contributed by atoms with Crippen molar-refractivity contribution in [2.45, 2.75) is 85.4 Å². The Morgan fingerprint density at radius 2 is 1.64 bits per heavy atom. The van der Waals surface area contributed by atoms with Gasteiger partial charge >= 0.3 is 0 Å². The van der Waals surface area contributed by atoms with Gasteiger partial charge in [0, 0.05) is 49.1 Å². The van der Waals surface area contributed by atoms with Gasteiger partial charge in [-0.05, 0) is 65.3 Å². The summed E-state index contributed by atoms with van der Waals surface area (Å²) in [5.41, 5.74) is 4.42. The summed E-state index contributed by atoms with van der Waals surface area (Å²) >= 11 is 0. The standard InChI is InChI=1S/C35H48N6O4/c1-25(42)34(2,3)19-23-45-35(4,5)18-21-37-30(43)16-17-31(44)40-24-26-12-7-8-13-27(26)33-32(28-14-9-10-15-29(28)40)38-39-41(33)22-11-20-36-6/h7-10,12-15,36H,11,16-24H2,1-6H3,(H,37,43). The number of ketones is 1. The Kier molecular flexibility index (Phi) is 11.3. The number of amides is 2. The van der Waals surface area contributed by atoms with E-state index in [1.165, 1.54) is 0 Å². The molecule has 2 amide bonds. The zero-order chi connectivity index (χ0) is 32.6. The van der Waals surface area contributed by atoms with E-state index in [2.05, 4.69) is 27.0 Å². The second kappa shape index (κ2) is 14.9. The largest absolute Gasteiger partial charge is 0.375 e. The minimum atomic E-state index is -0.453. The van der Waals surface area contributed by atoms with Crippen molar-refractivity contribution in [3.63, 3.8) is 0 Å². The summed E-state index contributed by atoms with van der Waals surface area (Å²) in [6.07, 6.45) is 2.32. The molecule has 45 heavy (non-hydrogen) atoms. The first-order valence-corrected chi connectivity index (χ1v) is 15.9. The average Bonchev–Trinajstić information content (AvgIpc) is 3.40. The lowest BCUT2D eigenvalue weighted by Gasteiger charge is -2.29. The third kappa shape index (κ3) is 8.64. The first kappa shape index (κ1) is 34.0. The van der Waals surface area contributed by atoms with Crippen LogP contribution in [0.25, 0.3) is 22.5 Å². The fraction of sp³-hybridized carbons (Fsp3) is 0.514. The molecule has 0 radical (unpaired) electrons. The number of carbonyl (C=O) groups excluding carboxylic acids is 3. The van der Waals surface area contributed by atoms with Gasteiger partial charge in [0.05, 0.1) is 23.5 Å². The van der Waals surface area contributed by atoms with Gasteiger partial charge in [0.15, 0.2) is 0 Å². The summed E-state index contributed by atoms with van der Waals surface area (Å²) in [4.78, 5) is 40.1. The smallest absolute Gasteiger partial charge is 0.227 e. The van der Waals surface area contributed by atoms with Crippen LogP contribution in [0.15, 0.2) is 48.5 Å². The Labute approximate surface area is 266 Å². The molecule has 2 heterocycles. The Hall–Kier alpha value is -3.89. The third-order valence-corrected chi connectivity index (χ3v) is 8.67. The molecule has 4 rings (SSSR count). The molecular weight excluding hydrogens is 568 g/mol. The van der Waals surface area contributed by atoms with E-state index in [-0.39, 0.29) is 30.4 Å². The maximum atomic E-state index is 13.8. The monoisotopic (exact) mass is 616 g/mol. The zero-order valence-corrected chi connectivity index (χ0v) is 27.6. The molecule has 0 fully saturated rings. The average molecular weight is 617 g/mol. The van der Waals surface area contributed by atoms with Gasteiger partial charge in [-0.15, -0.1) is 5.10 Å². The molecule has 1 aliphatic heterocycles. The summed E-state index contributed by atoms with van der Waals surface area (Å²) in [7, 11) is 1.94. The Morgan fingerprint density at radius 3 is 2.38 bits per heavy atom. The second-order valence-corrected chi connectivity index (χ2v) is 13.0. The van der Waals surface area contributed by atoms with Crippen molar-refractivity contribution in [3.05, 3.63) is 54.1 Å². The Bertz CT molecular complexity index is 1490. The van der Waals surface area contributed by atoms with Gasteiger partial charge in [0.1, 0.15) is 11.5 Å². The number of hydrogen-bond donors (Lipinski definition) is 2. The number of aromatic nitrogens is 3. The van der Waals surface area contributed by atoms with E-state index in [1.807, 2.05) is 81.9 Å². The van der Waals surface area contributed by atoms with Gasteiger partial charge < -0.3 is 20.3 Å². The fourth-order valence-corrected chi connectivity index (χ4v) is 5.38. The number of Topliss-reactive ketones (excluding diaryl/α,β-unsaturated/α-hetero) is 1. The Balaban J connectivity index is 1.41. The van der Waals surface area contributed by atoms with Gasteiger partial charge in [-0.2, -0.15) is 0 Å². The zero-order valence-electron chi connectivity index (χ0n) is 27.6. The highest BCUT2D eigenvalue weighted by Crippen LogP contribution is 2.41. The summed E-state index contributed by atoms with van der Waals surface area (Å²) in [6.45, 7) is 12.3. The van der Waals surface area contributed by atoms with Gasteiger partial charge in [0.2, 0.25) is 11.8 Å². The number of nitrogens with zero attached hydrogens (tertiary/aromatic N) is 4. The molecule has 10 heteroatoms. The number of rotatable bonds is 15. The van der Waals surface area contributed by atoms with Crippen LogP contribution < -0.4 is 15.5 Å². The SMILES string of the molecule is CNCCCn1nnc2c1-c1ccccc1CN(C(=O)CCC(=O)NCCC(C)(C)OCCC(C)(C)C(C)=O)c1ccccc1-2. The number of aryl methyl sites for hydroxylation is 1. The first-order valence-electron chi connectivity index (χ1n) is 15.9. The van der Waals surface area contributed by atoms with Gasteiger partial charge in [-0.25, -0.2) is 4.68 Å². The number of benzene rings is 2. The maximum Gasteiger partial charge on any atom is 0.227 e. The molecule has 0 saturated carbocycles. The molecule has 3 aromatic rings. The Morgan fingerprint density at radius 1 is 0.933 bits per heavy atom. The fourth-order valence-electron chi connectivity index (χ4n) is 5.38. The highest BCUT2D eigenvalue weighted by atomic mass is 16.5. The van der Waals surface area contributed by atoms with Crippen molar-refractivity contribution in [1.82, 2.24) is 25.6 Å². The lowest BCUT2D eigenvalue weighted by Crippen LogP contribution is -2.35. The third-order valence-electron chi connectivity index (χ3n) is 8.67.